The number of aromatic nitrogens is 1. The molecule has 28 heavy (non-hydrogen) atoms. The van der Waals surface area contributed by atoms with Crippen molar-refractivity contribution in [1.82, 2.24) is 10.3 Å². The van der Waals surface area contributed by atoms with Crippen molar-refractivity contribution in [2.45, 2.75) is 26.3 Å². The number of ether oxygens (including phenoxy) is 2. The first-order chi connectivity index (χ1) is 13.4. The third-order valence-corrected chi connectivity index (χ3v) is 3.75. The zero-order valence-corrected chi connectivity index (χ0v) is 15.9. The highest BCUT2D eigenvalue weighted by Crippen LogP contribution is 2.28. The molecular weight excluding hydrogens is 362 g/mol. The molecule has 0 aliphatic rings. The van der Waals surface area contributed by atoms with Gasteiger partial charge in [-0.05, 0) is 24.5 Å². The van der Waals surface area contributed by atoms with Gasteiger partial charge in [-0.25, -0.2) is 4.98 Å². The second-order valence-electron chi connectivity index (χ2n) is 6.57. The quantitative estimate of drug-likeness (QED) is 0.561. The van der Waals surface area contributed by atoms with E-state index in [0.29, 0.717) is 12.2 Å². The molecular formula is C20H25N3O5. The van der Waals surface area contributed by atoms with E-state index in [1.165, 1.54) is 12.3 Å². The molecule has 0 aliphatic carbocycles. The van der Waals surface area contributed by atoms with E-state index in [9.17, 15) is 14.7 Å². The number of pyridine rings is 1. The minimum absolute atomic E-state index is 0.0655. The summed E-state index contributed by atoms with van der Waals surface area (Å²) < 4.78 is 10.9. The fraction of sp³-hybridized carbons (Fsp3) is 0.350. The molecule has 2 amide bonds. The summed E-state index contributed by atoms with van der Waals surface area (Å²) >= 11 is 0. The SMILES string of the molecule is CC(C)C[C@H](N)C(=O)NC(=O)c1nccc(OCCOc2ccccc2)c1O. The number of nitrogens with one attached hydrogen (secondary N) is 1. The maximum Gasteiger partial charge on any atom is 0.280 e. The van der Waals surface area contributed by atoms with Crippen molar-refractivity contribution in [3.63, 3.8) is 0 Å². The Hall–Kier alpha value is -3.13. The minimum atomic E-state index is -0.840. The summed E-state index contributed by atoms with van der Waals surface area (Å²) in [6.07, 6.45) is 1.74. The third-order valence-electron chi connectivity index (χ3n) is 3.75. The third kappa shape index (κ3) is 6.24. The molecule has 1 aromatic heterocycles. The summed E-state index contributed by atoms with van der Waals surface area (Å²) in [7, 11) is 0. The largest absolute Gasteiger partial charge is 0.503 e. The van der Waals surface area contributed by atoms with Crippen molar-refractivity contribution in [3.05, 3.63) is 48.3 Å². The lowest BCUT2D eigenvalue weighted by Gasteiger charge is -2.14. The topological polar surface area (TPSA) is 124 Å². The minimum Gasteiger partial charge on any atom is -0.503 e. The predicted molar refractivity (Wildman–Crippen MR) is 103 cm³/mol. The van der Waals surface area contributed by atoms with Crippen LogP contribution in [0, 0.1) is 5.92 Å². The van der Waals surface area contributed by atoms with Crippen LogP contribution in [0.15, 0.2) is 42.6 Å². The molecule has 0 unspecified atom stereocenters. The zero-order chi connectivity index (χ0) is 20.5. The van der Waals surface area contributed by atoms with Crippen LogP contribution < -0.4 is 20.5 Å². The van der Waals surface area contributed by atoms with Crippen LogP contribution in [0.4, 0.5) is 0 Å². The molecule has 0 radical (unpaired) electrons. The number of carbonyl (C=O) groups excluding carboxylic acids is 2. The van der Waals surface area contributed by atoms with Gasteiger partial charge in [0, 0.05) is 12.3 Å². The lowest BCUT2D eigenvalue weighted by molar-refractivity contribution is -0.121. The number of rotatable bonds is 9. The number of para-hydroxylation sites is 1. The van der Waals surface area contributed by atoms with Crippen LogP contribution in [0.1, 0.15) is 30.8 Å². The molecule has 8 heteroatoms. The number of hydrogen-bond acceptors (Lipinski definition) is 7. The van der Waals surface area contributed by atoms with E-state index in [4.69, 9.17) is 15.2 Å². The first-order valence-corrected chi connectivity index (χ1v) is 8.98. The molecule has 0 fully saturated rings. The van der Waals surface area contributed by atoms with Crippen molar-refractivity contribution in [2.75, 3.05) is 13.2 Å². The van der Waals surface area contributed by atoms with Gasteiger partial charge in [0.2, 0.25) is 5.91 Å². The second-order valence-corrected chi connectivity index (χ2v) is 6.57. The van der Waals surface area contributed by atoms with Gasteiger partial charge in [-0.1, -0.05) is 32.0 Å². The smallest absolute Gasteiger partial charge is 0.280 e. The Morgan fingerprint density at radius 2 is 1.82 bits per heavy atom. The summed E-state index contributed by atoms with van der Waals surface area (Å²) in [5.74, 6) is -0.950. The maximum atomic E-state index is 12.2. The molecule has 0 saturated heterocycles. The zero-order valence-electron chi connectivity index (χ0n) is 15.9. The van der Waals surface area contributed by atoms with E-state index >= 15 is 0 Å². The van der Waals surface area contributed by atoms with Gasteiger partial charge in [-0.2, -0.15) is 0 Å². The Bertz CT molecular complexity index is 796. The van der Waals surface area contributed by atoms with Gasteiger partial charge < -0.3 is 20.3 Å². The monoisotopic (exact) mass is 387 g/mol. The number of amides is 2. The van der Waals surface area contributed by atoms with Crippen LogP contribution in [-0.2, 0) is 4.79 Å². The predicted octanol–water partition coefficient (Wildman–Crippen LogP) is 1.87. The summed E-state index contributed by atoms with van der Waals surface area (Å²) in [4.78, 5) is 28.1. The Labute approximate surface area is 163 Å². The van der Waals surface area contributed by atoms with E-state index in [-0.39, 0.29) is 30.6 Å². The molecule has 0 aliphatic heterocycles. The lowest BCUT2D eigenvalue weighted by Crippen LogP contribution is -2.44. The first kappa shape index (κ1) is 21.2. The number of hydrogen-bond donors (Lipinski definition) is 3. The normalized spacial score (nSPS) is 11.7. The lowest BCUT2D eigenvalue weighted by atomic mass is 10.0. The number of nitrogens with two attached hydrogens (primary N) is 1. The van der Waals surface area contributed by atoms with E-state index in [1.807, 2.05) is 44.2 Å². The second kappa shape index (κ2) is 10.3. The molecule has 4 N–H and O–H groups in total. The molecule has 1 atom stereocenters. The van der Waals surface area contributed by atoms with Crippen molar-refractivity contribution >= 4 is 11.8 Å². The van der Waals surface area contributed by atoms with Gasteiger partial charge in [0.25, 0.3) is 5.91 Å². The summed E-state index contributed by atoms with van der Waals surface area (Å²) in [6, 6.07) is 9.81. The molecule has 8 nitrogen and oxygen atoms in total. The molecule has 0 bridgehead atoms. The van der Waals surface area contributed by atoms with Gasteiger partial charge in [0.15, 0.2) is 17.2 Å². The van der Waals surface area contributed by atoms with Crippen LogP contribution in [-0.4, -0.2) is 41.2 Å². The van der Waals surface area contributed by atoms with Crippen molar-refractivity contribution in [2.24, 2.45) is 11.7 Å². The van der Waals surface area contributed by atoms with Crippen LogP contribution >= 0.6 is 0 Å². The number of imide groups is 1. The summed E-state index contributed by atoms with van der Waals surface area (Å²) in [5.41, 5.74) is 5.44. The van der Waals surface area contributed by atoms with Gasteiger partial charge >= 0.3 is 0 Å². The molecule has 150 valence electrons. The average molecular weight is 387 g/mol. The van der Waals surface area contributed by atoms with Gasteiger partial charge in [0.1, 0.15) is 19.0 Å². The van der Waals surface area contributed by atoms with Crippen molar-refractivity contribution < 1.29 is 24.2 Å². The van der Waals surface area contributed by atoms with E-state index in [0.717, 1.165) is 0 Å². The summed E-state index contributed by atoms with van der Waals surface area (Å²) in [5, 5.41) is 12.4. The molecule has 0 saturated carbocycles. The summed E-state index contributed by atoms with van der Waals surface area (Å²) in [6.45, 7) is 4.23. The highest BCUT2D eigenvalue weighted by atomic mass is 16.5. The van der Waals surface area contributed by atoms with Crippen molar-refractivity contribution in [3.8, 4) is 17.2 Å². The Morgan fingerprint density at radius 1 is 1.14 bits per heavy atom. The molecule has 1 aromatic carbocycles. The average Bonchev–Trinajstić information content (AvgIpc) is 2.66. The van der Waals surface area contributed by atoms with E-state index in [2.05, 4.69) is 10.3 Å². The van der Waals surface area contributed by atoms with Gasteiger partial charge in [-0.15, -0.1) is 0 Å². The van der Waals surface area contributed by atoms with Crippen LogP contribution in [0.5, 0.6) is 17.2 Å². The Balaban J connectivity index is 1.92. The number of aromatic hydroxyl groups is 1. The number of carbonyl (C=O) groups is 2. The van der Waals surface area contributed by atoms with Crippen LogP contribution in [0.3, 0.4) is 0 Å². The van der Waals surface area contributed by atoms with E-state index < -0.39 is 23.6 Å². The van der Waals surface area contributed by atoms with E-state index in [1.54, 1.807) is 0 Å². The molecule has 2 aromatic rings. The van der Waals surface area contributed by atoms with Gasteiger partial charge in [0.05, 0.1) is 6.04 Å². The molecule has 0 spiro atoms. The fourth-order valence-electron chi connectivity index (χ4n) is 2.43. The first-order valence-electron chi connectivity index (χ1n) is 8.98. The highest BCUT2D eigenvalue weighted by molar-refractivity contribution is 6.06. The molecule has 2 rings (SSSR count). The number of benzene rings is 1. The standard InChI is InChI=1S/C20H25N3O5/c1-13(2)12-15(21)19(25)23-20(26)17-18(24)16(8-9-22-17)28-11-10-27-14-6-4-3-5-7-14/h3-9,13,15,24H,10-12,21H2,1-2H3,(H,23,25,26)/t15-/m0/s1. The van der Waals surface area contributed by atoms with Crippen LogP contribution in [0.2, 0.25) is 0 Å². The van der Waals surface area contributed by atoms with Gasteiger partial charge in [-0.3, -0.25) is 14.9 Å². The fourth-order valence-corrected chi connectivity index (χ4v) is 2.43. The Kier molecular flexibility index (Phi) is 7.76. The number of nitrogens with zero attached hydrogens (tertiary/aromatic N) is 1. The highest BCUT2D eigenvalue weighted by Gasteiger charge is 2.22. The maximum absolute atomic E-state index is 12.2. The van der Waals surface area contributed by atoms with Crippen LogP contribution in [0.25, 0.3) is 0 Å². The Morgan fingerprint density at radius 3 is 2.50 bits per heavy atom. The van der Waals surface area contributed by atoms with Crippen molar-refractivity contribution in [1.29, 1.82) is 0 Å². The molecule has 1 heterocycles.